The lowest BCUT2D eigenvalue weighted by Gasteiger charge is -2.37. The van der Waals surface area contributed by atoms with Crippen LogP contribution < -0.4 is 21.4 Å². The maximum atomic E-state index is 14.1. The molecule has 34 heavy (non-hydrogen) atoms. The summed E-state index contributed by atoms with van der Waals surface area (Å²) in [4.78, 5) is 15.6. The first-order valence-electron chi connectivity index (χ1n) is 12.4. The molecular weight excluding hydrogens is 458 g/mol. The Bertz CT molecular complexity index is 900. The average Bonchev–Trinajstić information content (AvgIpc) is 3.49. The minimum atomic E-state index is -3.21. The summed E-state index contributed by atoms with van der Waals surface area (Å²) >= 11 is 3.51. The first-order chi connectivity index (χ1) is 16.4. The molecular formula is C24H34F2N6OS. The predicted molar refractivity (Wildman–Crippen MR) is 131 cm³/mol. The number of piperidine rings is 1. The number of allylic oxidation sites excluding steroid dienone is 2. The fourth-order valence-electron chi connectivity index (χ4n) is 5.52. The van der Waals surface area contributed by atoms with Gasteiger partial charge in [0.2, 0.25) is 0 Å². The number of thiol groups is 1. The van der Waals surface area contributed by atoms with E-state index in [2.05, 4.69) is 38.9 Å². The van der Waals surface area contributed by atoms with E-state index in [4.69, 9.17) is 0 Å². The monoisotopic (exact) mass is 492 g/mol. The molecule has 0 aromatic carbocycles. The van der Waals surface area contributed by atoms with Crippen LogP contribution in [0.25, 0.3) is 0 Å². The van der Waals surface area contributed by atoms with Crippen LogP contribution in [0.5, 0.6) is 0 Å². The van der Waals surface area contributed by atoms with Crippen LogP contribution in [0.15, 0.2) is 47.3 Å². The molecule has 0 bridgehead atoms. The number of alkyl halides is 2. The second kappa shape index (κ2) is 10.0. The van der Waals surface area contributed by atoms with Crippen molar-refractivity contribution >= 4 is 18.5 Å². The lowest BCUT2D eigenvalue weighted by atomic mass is 9.91. The summed E-state index contributed by atoms with van der Waals surface area (Å²) in [5.41, 5.74) is 4.16. The molecule has 1 aliphatic carbocycles. The number of nitrogens with one attached hydrogen (secondary N) is 4. The lowest BCUT2D eigenvalue weighted by Crippen LogP contribution is -2.56. The minimum Gasteiger partial charge on any atom is -0.365 e. The molecule has 2 fully saturated rings. The van der Waals surface area contributed by atoms with Gasteiger partial charge in [0.05, 0.1) is 6.04 Å². The molecule has 10 heteroatoms. The molecule has 5 rings (SSSR count). The van der Waals surface area contributed by atoms with Gasteiger partial charge in [-0.15, -0.1) is 12.6 Å². The van der Waals surface area contributed by atoms with Gasteiger partial charge in [-0.3, -0.25) is 9.80 Å². The molecule has 4 atom stereocenters. The third kappa shape index (κ3) is 5.19. The molecule has 0 aromatic heterocycles. The van der Waals surface area contributed by atoms with Crippen LogP contribution in [-0.4, -0.2) is 71.5 Å². The maximum absolute atomic E-state index is 14.1. The van der Waals surface area contributed by atoms with Crippen LogP contribution in [0.3, 0.4) is 0 Å². The number of carbonyl (C=O) groups is 1. The smallest absolute Gasteiger partial charge is 0.316 e. The zero-order chi connectivity index (χ0) is 23.7. The van der Waals surface area contributed by atoms with E-state index >= 15 is 0 Å². The van der Waals surface area contributed by atoms with Gasteiger partial charge in [-0.2, -0.15) is 8.78 Å². The summed E-state index contributed by atoms with van der Waals surface area (Å²) in [6.07, 6.45) is 14.4. The van der Waals surface area contributed by atoms with Gasteiger partial charge in [0, 0.05) is 36.9 Å². The summed E-state index contributed by atoms with van der Waals surface area (Å²) in [5.74, 6) is -0.172. The molecule has 186 valence electrons. The largest absolute Gasteiger partial charge is 0.365 e. The summed E-state index contributed by atoms with van der Waals surface area (Å²) < 4.78 is 28.2. The van der Waals surface area contributed by atoms with Crippen LogP contribution in [0.2, 0.25) is 0 Å². The predicted octanol–water partition coefficient (Wildman–Crippen LogP) is 2.00. The topological polar surface area (TPSA) is 71.7 Å². The molecule has 0 spiro atoms. The second-order valence-electron chi connectivity index (χ2n) is 9.76. The summed E-state index contributed by atoms with van der Waals surface area (Å²) in [7, 11) is 0. The Morgan fingerprint density at radius 1 is 1.18 bits per heavy atom. The summed E-state index contributed by atoms with van der Waals surface area (Å²) in [5, 5.41) is 8.44. The fourth-order valence-corrected chi connectivity index (χ4v) is 5.74. The molecule has 2 saturated heterocycles. The van der Waals surface area contributed by atoms with E-state index in [-0.39, 0.29) is 23.7 Å². The number of hydrogen-bond donors (Lipinski definition) is 5. The molecule has 4 N–H and O–H groups in total. The van der Waals surface area contributed by atoms with Crippen LogP contribution in [0.1, 0.15) is 38.5 Å². The van der Waals surface area contributed by atoms with E-state index in [1.54, 1.807) is 17.3 Å². The van der Waals surface area contributed by atoms with E-state index in [1.165, 1.54) is 25.9 Å². The number of hydrogen-bond acceptors (Lipinski definition) is 7. The molecule has 7 nitrogen and oxygen atoms in total. The Labute approximate surface area is 205 Å². The number of fused-ring (bicyclic) bond motifs is 1. The number of rotatable bonds is 6. The highest BCUT2D eigenvalue weighted by molar-refractivity contribution is 7.81. The second-order valence-corrected chi connectivity index (χ2v) is 10.3. The Morgan fingerprint density at radius 3 is 2.71 bits per heavy atom. The van der Waals surface area contributed by atoms with Gasteiger partial charge in [0.25, 0.3) is 5.91 Å². The van der Waals surface area contributed by atoms with Crippen LogP contribution in [0, 0.1) is 0 Å². The third-order valence-electron chi connectivity index (χ3n) is 7.30. The van der Waals surface area contributed by atoms with Gasteiger partial charge in [0.1, 0.15) is 11.9 Å². The normalized spacial score (nSPS) is 32.0. The van der Waals surface area contributed by atoms with Gasteiger partial charge in [-0.25, -0.2) is 5.43 Å². The van der Waals surface area contributed by atoms with Gasteiger partial charge >= 0.3 is 5.25 Å². The van der Waals surface area contributed by atoms with Crippen molar-refractivity contribution < 1.29 is 13.6 Å². The maximum Gasteiger partial charge on any atom is 0.316 e. The molecule has 4 heterocycles. The number of carbonyl (C=O) groups excluding carboxylic acids is 1. The van der Waals surface area contributed by atoms with Gasteiger partial charge in [0.15, 0.2) is 0 Å². The highest BCUT2D eigenvalue weighted by Crippen LogP contribution is 2.38. The molecule has 4 unspecified atom stereocenters. The van der Waals surface area contributed by atoms with Crippen molar-refractivity contribution in [2.45, 2.75) is 68.1 Å². The van der Waals surface area contributed by atoms with Gasteiger partial charge < -0.3 is 20.9 Å². The highest BCUT2D eigenvalue weighted by atomic mass is 32.1. The van der Waals surface area contributed by atoms with Crippen molar-refractivity contribution in [3.63, 3.8) is 0 Å². The Balaban J connectivity index is 1.17. The van der Waals surface area contributed by atoms with Crippen molar-refractivity contribution in [1.29, 1.82) is 0 Å². The third-order valence-corrected chi connectivity index (χ3v) is 7.54. The van der Waals surface area contributed by atoms with Crippen LogP contribution in [0.4, 0.5) is 8.78 Å². The van der Waals surface area contributed by atoms with E-state index in [0.717, 1.165) is 25.9 Å². The molecule has 0 aromatic rings. The molecule has 0 radical (unpaired) electrons. The zero-order valence-corrected chi connectivity index (χ0v) is 20.2. The first-order valence-corrected chi connectivity index (χ1v) is 12.8. The van der Waals surface area contributed by atoms with Crippen molar-refractivity contribution in [1.82, 2.24) is 31.3 Å². The Kier molecular flexibility index (Phi) is 7.02. The molecule has 0 saturated carbocycles. The van der Waals surface area contributed by atoms with Gasteiger partial charge in [-0.05, 0) is 63.3 Å². The fraction of sp³-hybridized carbons (Fsp3) is 0.625. The summed E-state index contributed by atoms with van der Waals surface area (Å²) in [6, 6.07) is 0.0881. The minimum absolute atomic E-state index is 0.0665. The zero-order valence-electron chi connectivity index (χ0n) is 19.3. The van der Waals surface area contributed by atoms with E-state index < -0.39 is 11.3 Å². The standard InChI is InChI=1S/C24H34F2N6OS/c25-24(26,34)19-6-2-1-5-18(19)20-9-10-22-28-14-21(32(22)30-20)23(33)29-16-7-8-17(27-13-16)15-31-11-3-4-12-31/h5-6,9-10,14,16-17,20,22,27-28,30,34H,1-4,7-8,11-13,15H2,(H,29,33). The van der Waals surface area contributed by atoms with Crippen molar-refractivity contribution in [3.05, 3.63) is 47.3 Å². The van der Waals surface area contributed by atoms with Crippen molar-refractivity contribution in [2.75, 3.05) is 26.2 Å². The van der Waals surface area contributed by atoms with E-state index in [1.807, 2.05) is 18.2 Å². The molecule has 1 amide bonds. The van der Waals surface area contributed by atoms with Gasteiger partial charge in [-0.1, -0.05) is 18.2 Å². The highest BCUT2D eigenvalue weighted by Gasteiger charge is 2.39. The quantitative estimate of drug-likeness (QED) is 0.289. The van der Waals surface area contributed by atoms with Crippen molar-refractivity contribution in [2.24, 2.45) is 0 Å². The van der Waals surface area contributed by atoms with Crippen LogP contribution >= 0.6 is 12.6 Å². The number of likely N-dealkylation sites (tertiary alicyclic amines) is 1. The lowest BCUT2D eigenvalue weighted by molar-refractivity contribution is -0.120. The molecule has 4 aliphatic heterocycles. The number of amides is 1. The van der Waals surface area contributed by atoms with E-state index in [9.17, 15) is 13.6 Å². The average molecular weight is 493 g/mol. The number of nitrogens with zero attached hydrogens (tertiary/aromatic N) is 2. The van der Waals surface area contributed by atoms with Crippen LogP contribution in [-0.2, 0) is 4.79 Å². The SMILES string of the molecule is O=C(NC1CCC(CN2CCCC2)NC1)C1=CNC2C=CC(C3=CCCC=C3C(F)(F)S)NN12. The summed E-state index contributed by atoms with van der Waals surface area (Å²) in [6.45, 7) is 4.22. The molecule has 5 aliphatic rings. The number of hydrazine groups is 1. The number of halogens is 2. The Morgan fingerprint density at radius 2 is 1.97 bits per heavy atom. The first kappa shape index (κ1) is 23.8. The van der Waals surface area contributed by atoms with Crippen molar-refractivity contribution in [3.8, 4) is 0 Å². The van der Waals surface area contributed by atoms with E-state index in [0.29, 0.717) is 30.2 Å². The Hall–Kier alpha value is -1.88.